The van der Waals surface area contributed by atoms with Crippen LogP contribution in [0.1, 0.15) is 56.4 Å². The van der Waals surface area contributed by atoms with E-state index >= 15 is 0 Å². The molecule has 1 N–H and O–H groups in total. The van der Waals surface area contributed by atoms with Gasteiger partial charge in [0.25, 0.3) is 5.56 Å². The fourth-order valence-corrected chi connectivity index (χ4v) is 1.92. The predicted octanol–water partition coefficient (Wildman–Crippen LogP) is 1.49. The van der Waals surface area contributed by atoms with Crippen molar-refractivity contribution in [2.24, 2.45) is 0 Å². The smallest absolute Gasteiger partial charge is 0.313 e. The maximum atomic E-state index is 12.0. The Balaban J connectivity index is 3.41. The van der Waals surface area contributed by atoms with E-state index < -0.39 is 11.2 Å². The van der Waals surface area contributed by atoms with Crippen molar-refractivity contribution in [2.45, 2.75) is 46.1 Å². The van der Waals surface area contributed by atoms with Crippen LogP contribution in [0, 0.1) is 0 Å². The lowest BCUT2D eigenvalue weighted by molar-refractivity contribution is 0.101. The third kappa shape index (κ3) is 2.72. The van der Waals surface area contributed by atoms with E-state index in [1.54, 1.807) is 0 Å². The third-order valence-corrected chi connectivity index (χ3v) is 2.85. The first-order valence-electron chi connectivity index (χ1n) is 5.88. The van der Waals surface area contributed by atoms with E-state index in [9.17, 15) is 14.4 Å². The normalized spacial score (nSPS) is 12.4. The number of hydrogen-bond acceptors (Lipinski definition) is 3. The standard InChI is InChI=1S/C12H18N2O3/c1-4-6-9(5-2)14-11(16)10(8(3)15)7-13-12(14)17/h7,9H,4-6H2,1-3H3,(H,13,17). The van der Waals surface area contributed by atoms with Gasteiger partial charge in [0, 0.05) is 12.2 Å². The van der Waals surface area contributed by atoms with E-state index in [4.69, 9.17) is 0 Å². The van der Waals surface area contributed by atoms with Crippen molar-refractivity contribution >= 4 is 5.78 Å². The molecule has 0 saturated heterocycles. The first-order chi connectivity index (χ1) is 8.02. The summed E-state index contributed by atoms with van der Waals surface area (Å²) in [6, 6.07) is -0.143. The lowest BCUT2D eigenvalue weighted by Crippen LogP contribution is -2.40. The second kappa shape index (κ2) is 5.61. The van der Waals surface area contributed by atoms with E-state index in [0.29, 0.717) is 6.42 Å². The SMILES string of the molecule is CCCC(CC)n1c(=O)[nH]cc(C(C)=O)c1=O. The van der Waals surface area contributed by atoms with E-state index in [1.165, 1.54) is 17.7 Å². The predicted molar refractivity (Wildman–Crippen MR) is 65.6 cm³/mol. The minimum atomic E-state index is -0.485. The zero-order valence-corrected chi connectivity index (χ0v) is 10.4. The summed E-state index contributed by atoms with van der Waals surface area (Å²) >= 11 is 0. The Morgan fingerprint density at radius 1 is 1.41 bits per heavy atom. The van der Waals surface area contributed by atoms with Crippen LogP contribution in [0.25, 0.3) is 0 Å². The van der Waals surface area contributed by atoms with Crippen LogP contribution >= 0.6 is 0 Å². The van der Waals surface area contributed by atoms with E-state index in [0.717, 1.165) is 12.8 Å². The van der Waals surface area contributed by atoms with Crippen LogP contribution in [-0.4, -0.2) is 15.3 Å². The van der Waals surface area contributed by atoms with Crippen molar-refractivity contribution in [1.29, 1.82) is 0 Å². The molecule has 5 nitrogen and oxygen atoms in total. The van der Waals surface area contributed by atoms with Gasteiger partial charge in [-0.3, -0.25) is 14.2 Å². The van der Waals surface area contributed by atoms with Gasteiger partial charge in [-0.2, -0.15) is 0 Å². The number of carbonyl (C=O) groups excluding carboxylic acids is 1. The number of rotatable bonds is 5. The summed E-state index contributed by atoms with van der Waals surface area (Å²) in [6.07, 6.45) is 3.52. The monoisotopic (exact) mass is 238 g/mol. The van der Waals surface area contributed by atoms with Crippen molar-refractivity contribution in [3.05, 3.63) is 32.6 Å². The maximum Gasteiger partial charge on any atom is 0.328 e. The Bertz CT molecular complexity index is 513. The zero-order chi connectivity index (χ0) is 13.0. The molecule has 0 saturated carbocycles. The molecule has 5 heteroatoms. The van der Waals surface area contributed by atoms with Crippen molar-refractivity contribution < 1.29 is 4.79 Å². The summed E-state index contributed by atoms with van der Waals surface area (Å²) in [5, 5.41) is 0. The summed E-state index contributed by atoms with van der Waals surface area (Å²) in [5.41, 5.74) is -0.888. The van der Waals surface area contributed by atoms with Crippen LogP contribution < -0.4 is 11.2 Å². The lowest BCUT2D eigenvalue weighted by Gasteiger charge is -2.16. The van der Waals surface area contributed by atoms with Gasteiger partial charge in [0.2, 0.25) is 0 Å². The first-order valence-corrected chi connectivity index (χ1v) is 5.88. The Kier molecular flexibility index (Phi) is 4.43. The van der Waals surface area contributed by atoms with E-state index in [2.05, 4.69) is 4.98 Å². The van der Waals surface area contributed by atoms with Crippen molar-refractivity contribution in [3.8, 4) is 0 Å². The molecule has 0 spiro atoms. The van der Waals surface area contributed by atoms with E-state index in [1.807, 2.05) is 13.8 Å². The summed E-state index contributed by atoms with van der Waals surface area (Å²) in [6.45, 7) is 5.24. The highest BCUT2D eigenvalue weighted by atomic mass is 16.2. The molecule has 1 aromatic rings. The number of hydrogen-bond donors (Lipinski definition) is 1. The molecule has 1 unspecified atom stereocenters. The molecule has 1 aromatic heterocycles. The molecule has 17 heavy (non-hydrogen) atoms. The maximum absolute atomic E-state index is 12.0. The second-order valence-electron chi connectivity index (χ2n) is 4.09. The van der Waals surface area contributed by atoms with Crippen LogP contribution in [0.2, 0.25) is 0 Å². The van der Waals surface area contributed by atoms with Gasteiger partial charge in [-0.25, -0.2) is 4.79 Å². The number of carbonyl (C=O) groups is 1. The summed E-state index contributed by atoms with van der Waals surface area (Å²) in [5.74, 6) is -0.327. The van der Waals surface area contributed by atoms with Crippen molar-refractivity contribution in [1.82, 2.24) is 9.55 Å². The minimum Gasteiger partial charge on any atom is -0.313 e. The molecule has 0 amide bonds. The number of nitrogens with one attached hydrogen (secondary N) is 1. The number of aromatic amines is 1. The molecular formula is C12H18N2O3. The lowest BCUT2D eigenvalue weighted by atomic mass is 10.1. The fourth-order valence-electron chi connectivity index (χ4n) is 1.92. The topological polar surface area (TPSA) is 71.9 Å². The van der Waals surface area contributed by atoms with Crippen LogP contribution in [0.15, 0.2) is 15.8 Å². The Morgan fingerprint density at radius 2 is 2.06 bits per heavy atom. The molecule has 94 valence electrons. The first kappa shape index (κ1) is 13.4. The van der Waals surface area contributed by atoms with Crippen LogP contribution in [0.4, 0.5) is 0 Å². The Morgan fingerprint density at radius 3 is 2.53 bits per heavy atom. The quantitative estimate of drug-likeness (QED) is 0.790. The van der Waals surface area contributed by atoms with Gasteiger partial charge >= 0.3 is 5.69 Å². The number of nitrogens with zero attached hydrogens (tertiary/aromatic N) is 1. The molecule has 0 aromatic carbocycles. The van der Waals surface area contributed by atoms with Crippen molar-refractivity contribution in [3.63, 3.8) is 0 Å². The molecule has 0 aliphatic carbocycles. The highest BCUT2D eigenvalue weighted by Crippen LogP contribution is 2.13. The number of aromatic nitrogens is 2. The average molecular weight is 238 g/mol. The number of Topliss-reactive ketones (excluding diaryl/α,β-unsaturated/α-hetero) is 1. The van der Waals surface area contributed by atoms with Crippen LogP contribution in [0.3, 0.4) is 0 Å². The molecule has 0 fully saturated rings. The Hall–Kier alpha value is -1.65. The minimum absolute atomic E-state index is 0.0409. The highest BCUT2D eigenvalue weighted by molar-refractivity contribution is 5.93. The number of H-pyrrole nitrogens is 1. The van der Waals surface area contributed by atoms with Gasteiger partial charge in [-0.15, -0.1) is 0 Å². The van der Waals surface area contributed by atoms with Gasteiger partial charge in [0.15, 0.2) is 5.78 Å². The summed E-state index contributed by atoms with van der Waals surface area (Å²) in [7, 11) is 0. The molecule has 0 bridgehead atoms. The molecular weight excluding hydrogens is 220 g/mol. The van der Waals surface area contributed by atoms with Gasteiger partial charge < -0.3 is 4.98 Å². The molecule has 0 aliphatic rings. The van der Waals surface area contributed by atoms with Gasteiger partial charge in [-0.05, 0) is 19.8 Å². The molecule has 0 aliphatic heterocycles. The largest absolute Gasteiger partial charge is 0.328 e. The van der Waals surface area contributed by atoms with Gasteiger partial charge in [-0.1, -0.05) is 20.3 Å². The number of ketones is 1. The summed E-state index contributed by atoms with van der Waals surface area (Å²) < 4.78 is 1.17. The second-order valence-corrected chi connectivity index (χ2v) is 4.09. The molecule has 1 rings (SSSR count). The Labute approximate surface area is 99.5 Å². The average Bonchev–Trinajstić information content (AvgIpc) is 2.27. The van der Waals surface area contributed by atoms with E-state index in [-0.39, 0.29) is 17.4 Å². The van der Waals surface area contributed by atoms with Gasteiger partial charge in [0.05, 0.1) is 5.56 Å². The molecule has 1 heterocycles. The van der Waals surface area contributed by atoms with Gasteiger partial charge in [0.1, 0.15) is 0 Å². The third-order valence-electron chi connectivity index (χ3n) is 2.85. The fraction of sp³-hybridized carbons (Fsp3) is 0.583. The highest BCUT2D eigenvalue weighted by Gasteiger charge is 2.16. The molecule has 0 radical (unpaired) electrons. The summed E-state index contributed by atoms with van der Waals surface area (Å²) in [4.78, 5) is 37.4. The van der Waals surface area contributed by atoms with Crippen LogP contribution in [-0.2, 0) is 0 Å². The molecule has 1 atom stereocenters. The van der Waals surface area contributed by atoms with Crippen molar-refractivity contribution in [2.75, 3.05) is 0 Å². The van der Waals surface area contributed by atoms with Crippen LogP contribution in [0.5, 0.6) is 0 Å². The zero-order valence-electron chi connectivity index (χ0n) is 10.4.